The van der Waals surface area contributed by atoms with Crippen molar-refractivity contribution in [2.45, 2.75) is 39.3 Å². The molecule has 15 heavy (non-hydrogen) atoms. The quantitative estimate of drug-likeness (QED) is 0.829. The van der Waals surface area contributed by atoms with Crippen LogP contribution in [0.5, 0.6) is 0 Å². The molecule has 1 nitrogen and oxygen atoms in total. The van der Waals surface area contributed by atoms with Gasteiger partial charge in [-0.3, -0.25) is 0 Å². The molecule has 1 aromatic rings. The first kappa shape index (κ1) is 12.5. The monoisotopic (exact) mass is 229 g/mol. The van der Waals surface area contributed by atoms with Crippen LogP contribution in [-0.4, -0.2) is 5.54 Å². The van der Waals surface area contributed by atoms with Crippen LogP contribution in [0.2, 0.25) is 5.02 Å². The van der Waals surface area contributed by atoms with Crippen molar-refractivity contribution >= 4 is 11.6 Å². The van der Waals surface area contributed by atoms with Gasteiger partial charge < -0.3 is 5.32 Å². The minimum Gasteiger partial charge on any atom is -0.308 e. The van der Waals surface area contributed by atoms with Crippen molar-refractivity contribution in [3.63, 3.8) is 0 Å². The van der Waals surface area contributed by atoms with Crippen molar-refractivity contribution in [1.29, 1.82) is 0 Å². The van der Waals surface area contributed by atoms with Crippen molar-refractivity contribution < 1.29 is 4.39 Å². The van der Waals surface area contributed by atoms with E-state index in [4.69, 9.17) is 11.6 Å². The molecule has 0 aliphatic rings. The van der Waals surface area contributed by atoms with Crippen LogP contribution in [-0.2, 0) is 6.54 Å². The van der Waals surface area contributed by atoms with Crippen LogP contribution in [0.25, 0.3) is 0 Å². The molecule has 0 fully saturated rings. The van der Waals surface area contributed by atoms with Gasteiger partial charge in [0, 0.05) is 12.1 Å². The van der Waals surface area contributed by atoms with Crippen LogP contribution in [0, 0.1) is 5.82 Å². The molecule has 0 saturated carbocycles. The Morgan fingerprint density at radius 3 is 2.60 bits per heavy atom. The van der Waals surface area contributed by atoms with Crippen LogP contribution < -0.4 is 5.32 Å². The van der Waals surface area contributed by atoms with Crippen LogP contribution in [0.1, 0.15) is 32.8 Å². The lowest BCUT2D eigenvalue weighted by molar-refractivity contribution is 0.374. The zero-order valence-corrected chi connectivity index (χ0v) is 10.2. The van der Waals surface area contributed by atoms with E-state index in [2.05, 4.69) is 26.1 Å². The Kier molecular flexibility index (Phi) is 4.12. The van der Waals surface area contributed by atoms with Gasteiger partial charge in [0.1, 0.15) is 5.82 Å². The predicted octanol–water partition coefficient (Wildman–Crippen LogP) is 3.76. The van der Waals surface area contributed by atoms with E-state index in [1.165, 1.54) is 6.07 Å². The second kappa shape index (κ2) is 4.95. The third kappa shape index (κ3) is 3.80. The third-order valence-electron chi connectivity index (χ3n) is 2.64. The lowest BCUT2D eigenvalue weighted by Gasteiger charge is -2.24. The van der Waals surface area contributed by atoms with Crippen molar-refractivity contribution in [2.75, 3.05) is 0 Å². The summed E-state index contributed by atoms with van der Waals surface area (Å²) >= 11 is 5.69. The van der Waals surface area contributed by atoms with Crippen LogP contribution in [0.4, 0.5) is 4.39 Å². The molecule has 0 aliphatic heterocycles. The summed E-state index contributed by atoms with van der Waals surface area (Å²) in [5.74, 6) is -0.366. The molecule has 1 aromatic carbocycles. The van der Waals surface area contributed by atoms with Gasteiger partial charge in [-0.05, 0) is 38.0 Å². The SMILES string of the molecule is CCC(C)(C)NCc1ccc(F)c(Cl)c1. The lowest BCUT2D eigenvalue weighted by Crippen LogP contribution is -2.37. The maximum Gasteiger partial charge on any atom is 0.141 e. The highest BCUT2D eigenvalue weighted by Crippen LogP contribution is 2.17. The highest BCUT2D eigenvalue weighted by Gasteiger charge is 2.13. The van der Waals surface area contributed by atoms with Crippen molar-refractivity contribution in [3.05, 3.63) is 34.6 Å². The summed E-state index contributed by atoms with van der Waals surface area (Å²) in [5.41, 5.74) is 1.10. The predicted molar refractivity (Wildman–Crippen MR) is 62.6 cm³/mol. The normalized spacial score (nSPS) is 11.8. The standard InChI is InChI=1S/C12H17ClFN/c1-4-12(2,3)15-8-9-5-6-11(14)10(13)7-9/h5-7,15H,4,8H2,1-3H3. The molecular weight excluding hydrogens is 213 g/mol. The second-order valence-electron chi connectivity index (χ2n) is 4.34. The van der Waals surface area contributed by atoms with E-state index in [0.717, 1.165) is 12.0 Å². The van der Waals surface area contributed by atoms with Crippen LogP contribution >= 0.6 is 11.6 Å². The fraction of sp³-hybridized carbons (Fsp3) is 0.500. The van der Waals surface area contributed by atoms with Crippen LogP contribution in [0.3, 0.4) is 0 Å². The molecule has 3 heteroatoms. The molecule has 0 bridgehead atoms. The zero-order chi connectivity index (χ0) is 11.5. The lowest BCUT2D eigenvalue weighted by atomic mass is 10.0. The minimum atomic E-state index is -0.366. The summed E-state index contributed by atoms with van der Waals surface area (Å²) in [4.78, 5) is 0. The Labute approximate surface area is 95.6 Å². The van der Waals surface area contributed by atoms with Gasteiger partial charge in [-0.25, -0.2) is 4.39 Å². The molecule has 0 unspecified atom stereocenters. The highest BCUT2D eigenvalue weighted by molar-refractivity contribution is 6.30. The van der Waals surface area contributed by atoms with E-state index in [1.54, 1.807) is 12.1 Å². The summed E-state index contributed by atoms with van der Waals surface area (Å²) in [6.07, 6.45) is 1.04. The first-order valence-electron chi connectivity index (χ1n) is 5.13. The van der Waals surface area contributed by atoms with Crippen molar-refractivity contribution in [3.8, 4) is 0 Å². The van der Waals surface area contributed by atoms with E-state index >= 15 is 0 Å². The number of hydrogen-bond acceptors (Lipinski definition) is 1. The van der Waals surface area contributed by atoms with Gasteiger partial charge in [0.05, 0.1) is 5.02 Å². The smallest absolute Gasteiger partial charge is 0.141 e. The molecule has 1 rings (SSSR count). The first-order chi connectivity index (χ1) is 6.94. The molecule has 0 amide bonds. The van der Waals surface area contributed by atoms with Gasteiger partial charge in [0.25, 0.3) is 0 Å². The van der Waals surface area contributed by atoms with Gasteiger partial charge >= 0.3 is 0 Å². The number of halogens is 2. The van der Waals surface area contributed by atoms with E-state index in [1.807, 2.05) is 0 Å². The Hall–Kier alpha value is -0.600. The van der Waals surface area contributed by atoms with Gasteiger partial charge in [-0.1, -0.05) is 24.6 Å². The molecule has 0 saturated heterocycles. The van der Waals surface area contributed by atoms with Crippen molar-refractivity contribution in [1.82, 2.24) is 5.32 Å². The van der Waals surface area contributed by atoms with Gasteiger partial charge in [0.15, 0.2) is 0 Å². The first-order valence-corrected chi connectivity index (χ1v) is 5.51. The van der Waals surface area contributed by atoms with Gasteiger partial charge in [0.2, 0.25) is 0 Å². The molecule has 0 aliphatic carbocycles. The molecule has 84 valence electrons. The fourth-order valence-electron chi connectivity index (χ4n) is 1.12. The van der Waals surface area contributed by atoms with Crippen LogP contribution in [0.15, 0.2) is 18.2 Å². The number of rotatable bonds is 4. The summed E-state index contributed by atoms with van der Waals surface area (Å²) in [7, 11) is 0. The summed E-state index contributed by atoms with van der Waals surface area (Å²) in [6, 6.07) is 4.81. The summed E-state index contributed by atoms with van der Waals surface area (Å²) in [5, 5.41) is 3.57. The molecule has 0 atom stereocenters. The summed E-state index contributed by atoms with van der Waals surface area (Å²) < 4.78 is 12.9. The van der Waals surface area contributed by atoms with Gasteiger partial charge in [-0.2, -0.15) is 0 Å². The molecular formula is C12H17ClFN. The average molecular weight is 230 g/mol. The summed E-state index contributed by atoms with van der Waals surface area (Å²) in [6.45, 7) is 7.11. The average Bonchev–Trinajstić information content (AvgIpc) is 2.20. The molecule has 0 spiro atoms. The Morgan fingerprint density at radius 1 is 1.40 bits per heavy atom. The number of benzene rings is 1. The highest BCUT2D eigenvalue weighted by atomic mass is 35.5. The molecule has 0 heterocycles. The second-order valence-corrected chi connectivity index (χ2v) is 4.75. The van der Waals surface area contributed by atoms with E-state index in [0.29, 0.717) is 6.54 Å². The van der Waals surface area contributed by atoms with E-state index in [9.17, 15) is 4.39 Å². The Bertz CT molecular complexity index is 336. The fourth-order valence-corrected chi connectivity index (χ4v) is 1.32. The van der Waals surface area contributed by atoms with Gasteiger partial charge in [-0.15, -0.1) is 0 Å². The van der Waals surface area contributed by atoms with Crippen molar-refractivity contribution in [2.24, 2.45) is 0 Å². The largest absolute Gasteiger partial charge is 0.308 e. The molecule has 0 aromatic heterocycles. The zero-order valence-electron chi connectivity index (χ0n) is 9.40. The Morgan fingerprint density at radius 2 is 2.07 bits per heavy atom. The molecule has 0 radical (unpaired) electrons. The topological polar surface area (TPSA) is 12.0 Å². The molecule has 1 N–H and O–H groups in total. The minimum absolute atomic E-state index is 0.0981. The maximum absolute atomic E-state index is 12.9. The van der Waals surface area contributed by atoms with E-state index in [-0.39, 0.29) is 16.4 Å². The number of hydrogen-bond donors (Lipinski definition) is 1. The number of nitrogens with one attached hydrogen (secondary N) is 1. The third-order valence-corrected chi connectivity index (χ3v) is 2.93. The maximum atomic E-state index is 12.9. The van der Waals surface area contributed by atoms with E-state index < -0.39 is 0 Å². The Balaban J connectivity index is 2.62.